The minimum absolute atomic E-state index is 0.0266. The van der Waals surface area contributed by atoms with Crippen LogP contribution in [0.5, 0.6) is 0 Å². The predicted molar refractivity (Wildman–Crippen MR) is 41.2 cm³/mol. The van der Waals surface area contributed by atoms with Crippen molar-refractivity contribution in [2.24, 2.45) is 0 Å². The van der Waals surface area contributed by atoms with Gasteiger partial charge in [0.25, 0.3) is 6.47 Å². The molecule has 66 valence electrons. The third-order valence-corrected chi connectivity index (χ3v) is 1.40. The smallest absolute Gasteiger partial charge is 0.292 e. The highest BCUT2D eigenvalue weighted by molar-refractivity contribution is 5.36. The average molecular weight is 161 g/mol. The van der Waals surface area contributed by atoms with E-state index in [4.69, 9.17) is 9.90 Å². The van der Waals surface area contributed by atoms with Crippen molar-refractivity contribution in [1.29, 1.82) is 0 Å². The molecule has 0 aromatic carbocycles. The number of carbonyl (C=O) groups excluding carboxylic acids is 1. The van der Waals surface area contributed by atoms with E-state index in [1.807, 2.05) is 0 Å². The first kappa shape index (κ1) is 10.4. The molecule has 2 N–H and O–H groups in total. The van der Waals surface area contributed by atoms with Crippen LogP contribution in [0.1, 0.15) is 12.8 Å². The summed E-state index contributed by atoms with van der Waals surface area (Å²) in [5, 5.41) is 12.0. The molecule has 4 nitrogen and oxygen atoms in total. The molecule has 0 aromatic rings. The number of piperidine rings is 1. The fourth-order valence-electron chi connectivity index (χ4n) is 0.807. The lowest BCUT2D eigenvalue weighted by atomic mass is 10.1. The Labute approximate surface area is 66.5 Å². The highest BCUT2D eigenvalue weighted by atomic mass is 16.5. The SMILES string of the molecule is COC=O.OC1CCNCC1. The van der Waals surface area contributed by atoms with E-state index in [1.165, 1.54) is 7.11 Å². The van der Waals surface area contributed by atoms with E-state index in [9.17, 15) is 0 Å². The van der Waals surface area contributed by atoms with Gasteiger partial charge >= 0.3 is 0 Å². The molecule has 1 aliphatic heterocycles. The normalized spacial score (nSPS) is 18.0. The Morgan fingerprint density at radius 3 is 2.18 bits per heavy atom. The number of nitrogens with one attached hydrogen (secondary N) is 1. The lowest BCUT2D eigenvalue weighted by molar-refractivity contribution is -0.126. The molecule has 0 bridgehead atoms. The molecule has 1 fully saturated rings. The minimum atomic E-state index is -0.0266. The zero-order valence-electron chi connectivity index (χ0n) is 6.75. The van der Waals surface area contributed by atoms with Crippen LogP contribution >= 0.6 is 0 Å². The minimum Gasteiger partial charge on any atom is -0.471 e. The van der Waals surface area contributed by atoms with Crippen LogP contribution in [0, 0.1) is 0 Å². The number of aliphatic hydroxyl groups excluding tert-OH is 1. The molecule has 0 amide bonds. The fraction of sp³-hybridized carbons (Fsp3) is 0.857. The fourth-order valence-corrected chi connectivity index (χ4v) is 0.807. The number of aliphatic hydroxyl groups is 1. The van der Waals surface area contributed by atoms with Gasteiger partial charge in [0, 0.05) is 0 Å². The van der Waals surface area contributed by atoms with Gasteiger partial charge < -0.3 is 15.2 Å². The van der Waals surface area contributed by atoms with E-state index < -0.39 is 0 Å². The monoisotopic (exact) mass is 161 g/mol. The Morgan fingerprint density at radius 2 is 2.00 bits per heavy atom. The second-order valence-corrected chi connectivity index (χ2v) is 2.31. The van der Waals surface area contributed by atoms with Crippen LogP contribution in [0.4, 0.5) is 0 Å². The van der Waals surface area contributed by atoms with E-state index in [-0.39, 0.29) is 6.10 Å². The van der Waals surface area contributed by atoms with Crippen molar-refractivity contribution >= 4 is 6.47 Å². The summed E-state index contributed by atoms with van der Waals surface area (Å²) in [5.74, 6) is 0. The molecule has 1 rings (SSSR count). The number of methoxy groups -OCH3 is 1. The van der Waals surface area contributed by atoms with Crippen molar-refractivity contribution in [3.8, 4) is 0 Å². The van der Waals surface area contributed by atoms with E-state index in [2.05, 4.69) is 10.1 Å². The average Bonchev–Trinajstić information content (AvgIpc) is 2.07. The lowest BCUT2D eigenvalue weighted by Crippen LogP contribution is -2.30. The summed E-state index contributed by atoms with van der Waals surface area (Å²) in [4.78, 5) is 8.95. The maximum atomic E-state index is 8.95. The molecular formula is C7H15NO3. The summed E-state index contributed by atoms with van der Waals surface area (Å²) in [7, 11) is 1.31. The topological polar surface area (TPSA) is 58.6 Å². The Hall–Kier alpha value is -0.610. The molecule has 0 aliphatic carbocycles. The Balaban J connectivity index is 0.000000218. The van der Waals surface area contributed by atoms with Gasteiger partial charge in [0.15, 0.2) is 0 Å². The molecule has 1 heterocycles. The Bertz CT molecular complexity index is 91.7. The second-order valence-electron chi connectivity index (χ2n) is 2.31. The number of hydrogen-bond acceptors (Lipinski definition) is 4. The molecule has 0 aromatic heterocycles. The number of rotatable bonds is 1. The quantitative estimate of drug-likeness (QED) is 0.510. The lowest BCUT2D eigenvalue weighted by Gasteiger charge is -2.16. The van der Waals surface area contributed by atoms with E-state index in [0.29, 0.717) is 6.47 Å². The second kappa shape index (κ2) is 7.50. The van der Waals surface area contributed by atoms with Gasteiger partial charge in [0.2, 0.25) is 0 Å². The van der Waals surface area contributed by atoms with Crippen molar-refractivity contribution in [3.63, 3.8) is 0 Å². The third-order valence-electron chi connectivity index (χ3n) is 1.40. The maximum Gasteiger partial charge on any atom is 0.292 e. The van der Waals surface area contributed by atoms with Gasteiger partial charge in [-0.15, -0.1) is 0 Å². The first-order valence-electron chi connectivity index (χ1n) is 3.66. The zero-order chi connectivity index (χ0) is 8.53. The first-order valence-corrected chi connectivity index (χ1v) is 3.66. The standard InChI is InChI=1S/C5H11NO.C2H4O2/c7-5-1-3-6-4-2-5;1-4-2-3/h5-7H,1-4H2;2H,1H3. The highest BCUT2D eigenvalue weighted by Gasteiger charge is 2.06. The summed E-state index contributed by atoms with van der Waals surface area (Å²) >= 11 is 0. The largest absolute Gasteiger partial charge is 0.471 e. The van der Waals surface area contributed by atoms with Gasteiger partial charge in [-0.2, -0.15) is 0 Å². The molecule has 1 aliphatic rings. The van der Waals surface area contributed by atoms with Crippen LogP contribution < -0.4 is 5.32 Å². The molecule has 1 saturated heterocycles. The maximum absolute atomic E-state index is 8.95. The van der Waals surface area contributed by atoms with Gasteiger partial charge in [0.1, 0.15) is 0 Å². The summed E-state index contributed by atoms with van der Waals surface area (Å²) in [6.45, 7) is 2.35. The van der Waals surface area contributed by atoms with Crippen LogP contribution in [0.15, 0.2) is 0 Å². The van der Waals surface area contributed by atoms with Crippen molar-refractivity contribution in [2.75, 3.05) is 20.2 Å². The van der Waals surface area contributed by atoms with Crippen molar-refractivity contribution in [2.45, 2.75) is 18.9 Å². The van der Waals surface area contributed by atoms with Gasteiger partial charge in [0.05, 0.1) is 13.2 Å². The summed E-state index contributed by atoms with van der Waals surface area (Å²) in [6.07, 6.45) is 1.83. The van der Waals surface area contributed by atoms with Gasteiger partial charge in [-0.3, -0.25) is 4.79 Å². The number of hydrogen-bond donors (Lipinski definition) is 2. The predicted octanol–water partition coefficient (Wildman–Crippen LogP) is -0.480. The zero-order valence-corrected chi connectivity index (χ0v) is 6.75. The number of ether oxygens (including phenoxy) is 1. The first-order chi connectivity index (χ1) is 5.31. The summed E-state index contributed by atoms with van der Waals surface area (Å²) in [6, 6.07) is 0. The Morgan fingerprint density at radius 1 is 1.55 bits per heavy atom. The molecule has 0 atom stereocenters. The number of carbonyl (C=O) groups is 1. The third kappa shape index (κ3) is 7.29. The molecule has 11 heavy (non-hydrogen) atoms. The van der Waals surface area contributed by atoms with E-state index in [1.54, 1.807) is 0 Å². The highest BCUT2D eigenvalue weighted by Crippen LogP contribution is 1.99. The van der Waals surface area contributed by atoms with Gasteiger partial charge in [-0.1, -0.05) is 0 Å². The Kier molecular flexibility index (Phi) is 7.08. The van der Waals surface area contributed by atoms with E-state index in [0.717, 1.165) is 25.9 Å². The van der Waals surface area contributed by atoms with Crippen LogP contribution in [0.25, 0.3) is 0 Å². The van der Waals surface area contributed by atoms with Crippen LogP contribution in [0.3, 0.4) is 0 Å². The van der Waals surface area contributed by atoms with Crippen LogP contribution in [-0.4, -0.2) is 37.9 Å². The van der Waals surface area contributed by atoms with Gasteiger partial charge in [-0.25, -0.2) is 0 Å². The van der Waals surface area contributed by atoms with Crippen molar-refractivity contribution in [3.05, 3.63) is 0 Å². The molecule has 0 unspecified atom stereocenters. The summed E-state index contributed by atoms with van der Waals surface area (Å²) < 4.78 is 3.86. The van der Waals surface area contributed by atoms with Crippen LogP contribution in [-0.2, 0) is 9.53 Å². The van der Waals surface area contributed by atoms with Crippen LogP contribution in [0.2, 0.25) is 0 Å². The molecular weight excluding hydrogens is 146 g/mol. The van der Waals surface area contributed by atoms with E-state index >= 15 is 0 Å². The van der Waals surface area contributed by atoms with Crippen molar-refractivity contribution < 1.29 is 14.6 Å². The molecule has 0 saturated carbocycles. The molecule has 0 spiro atoms. The van der Waals surface area contributed by atoms with Gasteiger partial charge in [-0.05, 0) is 25.9 Å². The molecule has 0 radical (unpaired) electrons. The van der Waals surface area contributed by atoms with Crippen molar-refractivity contribution in [1.82, 2.24) is 5.32 Å². The summed E-state index contributed by atoms with van der Waals surface area (Å²) in [5.41, 5.74) is 0. The molecule has 4 heteroatoms.